The number of hydrogen-bond donors (Lipinski definition) is 2. The van der Waals surface area contributed by atoms with E-state index in [-0.39, 0.29) is 11.8 Å². The van der Waals surface area contributed by atoms with Gasteiger partial charge in [0.25, 0.3) is 0 Å². The molecule has 108 valence electrons. The van der Waals surface area contributed by atoms with Crippen molar-refractivity contribution in [1.82, 2.24) is 5.32 Å². The Hall–Kier alpha value is -1.42. The molecule has 20 heavy (non-hydrogen) atoms. The van der Waals surface area contributed by atoms with Crippen LogP contribution in [-0.4, -0.2) is 16.4 Å². The molecule has 0 radical (unpaired) electrons. The number of amides is 1. The highest BCUT2D eigenvalue weighted by Crippen LogP contribution is 2.26. The first-order valence-electron chi connectivity index (χ1n) is 7.15. The summed E-state index contributed by atoms with van der Waals surface area (Å²) in [5, 5.41) is 3.04. The van der Waals surface area contributed by atoms with Crippen LogP contribution in [0.15, 0.2) is 24.3 Å². The zero-order chi connectivity index (χ0) is 14.8. The Morgan fingerprint density at radius 3 is 2.70 bits per heavy atom. The zero-order valence-corrected chi connectivity index (χ0v) is 12.9. The molecule has 1 aromatic carbocycles. The molecule has 1 aliphatic carbocycles. The Balaban J connectivity index is 2.07. The molecule has 1 amide bonds. The zero-order valence-electron chi connectivity index (χ0n) is 12.1. The van der Waals surface area contributed by atoms with Gasteiger partial charge in [0.05, 0.1) is 10.5 Å². The summed E-state index contributed by atoms with van der Waals surface area (Å²) < 4.78 is 0. The van der Waals surface area contributed by atoms with Gasteiger partial charge in [-0.2, -0.15) is 0 Å². The maximum Gasteiger partial charge on any atom is 0.224 e. The van der Waals surface area contributed by atoms with Gasteiger partial charge in [-0.1, -0.05) is 43.4 Å². The minimum Gasteiger partial charge on any atom is -0.391 e. The van der Waals surface area contributed by atoms with E-state index in [9.17, 15) is 4.79 Å². The van der Waals surface area contributed by atoms with Gasteiger partial charge in [-0.3, -0.25) is 4.79 Å². The van der Waals surface area contributed by atoms with E-state index in [0.29, 0.717) is 11.4 Å². The highest BCUT2D eigenvalue weighted by molar-refractivity contribution is 7.80. The van der Waals surface area contributed by atoms with Gasteiger partial charge in [0, 0.05) is 5.92 Å². The third-order valence-electron chi connectivity index (χ3n) is 4.37. The lowest BCUT2D eigenvalue weighted by Gasteiger charge is -2.32. The summed E-state index contributed by atoms with van der Waals surface area (Å²) in [4.78, 5) is 12.8. The average molecular weight is 290 g/mol. The van der Waals surface area contributed by atoms with Crippen molar-refractivity contribution < 1.29 is 4.79 Å². The lowest BCUT2D eigenvalue weighted by Crippen LogP contribution is -2.55. The van der Waals surface area contributed by atoms with Crippen LogP contribution < -0.4 is 11.1 Å². The van der Waals surface area contributed by atoms with Crippen molar-refractivity contribution in [2.45, 2.75) is 45.1 Å². The lowest BCUT2D eigenvalue weighted by atomic mass is 9.83. The molecule has 3 N–H and O–H groups in total. The Morgan fingerprint density at radius 2 is 2.10 bits per heavy atom. The second-order valence-electron chi connectivity index (χ2n) is 5.75. The monoisotopic (exact) mass is 290 g/mol. The van der Waals surface area contributed by atoms with E-state index in [1.165, 1.54) is 11.1 Å². The van der Waals surface area contributed by atoms with Crippen LogP contribution in [0, 0.1) is 5.92 Å². The van der Waals surface area contributed by atoms with E-state index in [2.05, 4.69) is 23.5 Å². The van der Waals surface area contributed by atoms with Gasteiger partial charge in [0.2, 0.25) is 5.91 Å². The second kappa shape index (κ2) is 5.92. The summed E-state index contributed by atoms with van der Waals surface area (Å²) in [5.74, 6) is 0.0850. The number of hydrogen-bond acceptors (Lipinski definition) is 2. The van der Waals surface area contributed by atoms with Crippen LogP contribution in [0.5, 0.6) is 0 Å². The summed E-state index contributed by atoms with van der Waals surface area (Å²) in [5.41, 5.74) is 7.82. The van der Waals surface area contributed by atoms with Gasteiger partial charge in [-0.15, -0.1) is 0 Å². The fraction of sp³-hybridized carbons (Fsp3) is 0.500. The number of nitrogens with two attached hydrogens (primary N) is 1. The Bertz CT molecular complexity index is 529. The van der Waals surface area contributed by atoms with Gasteiger partial charge in [-0.25, -0.2) is 0 Å². The van der Waals surface area contributed by atoms with Crippen LogP contribution in [-0.2, 0) is 17.6 Å². The highest BCUT2D eigenvalue weighted by atomic mass is 32.1. The summed E-state index contributed by atoms with van der Waals surface area (Å²) in [6, 6.07) is 8.35. The van der Waals surface area contributed by atoms with Crippen molar-refractivity contribution in [3.05, 3.63) is 35.4 Å². The molecule has 0 aromatic heterocycles. The number of nitrogens with one attached hydrogen (secondary N) is 1. The van der Waals surface area contributed by atoms with E-state index >= 15 is 0 Å². The van der Waals surface area contributed by atoms with E-state index < -0.39 is 5.54 Å². The molecule has 0 saturated heterocycles. The molecule has 0 heterocycles. The molecule has 0 bridgehead atoms. The van der Waals surface area contributed by atoms with Crippen molar-refractivity contribution >= 4 is 23.1 Å². The lowest BCUT2D eigenvalue weighted by molar-refractivity contribution is -0.126. The van der Waals surface area contributed by atoms with Gasteiger partial charge in [0.15, 0.2) is 0 Å². The number of carbonyl (C=O) groups is 1. The summed E-state index contributed by atoms with van der Waals surface area (Å²) in [7, 11) is 0. The van der Waals surface area contributed by atoms with E-state index in [1.807, 2.05) is 19.9 Å². The van der Waals surface area contributed by atoms with Crippen LogP contribution in [0.2, 0.25) is 0 Å². The van der Waals surface area contributed by atoms with Gasteiger partial charge < -0.3 is 11.1 Å². The predicted octanol–water partition coefficient (Wildman–Crippen LogP) is 2.36. The predicted molar refractivity (Wildman–Crippen MR) is 85.6 cm³/mol. The Morgan fingerprint density at radius 1 is 1.45 bits per heavy atom. The van der Waals surface area contributed by atoms with Crippen molar-refractivity contribution in [3.63, 3.8) is 0 Å². The van der Waals surface area contributed by atoms with Gasteiger partial charge >= 0.3 is 0 Å². The smallest absolute Gasteiger partial charge is 0.224 e. The molecule has 0 saturated carbocycles. The molecule has 0 aliphatic heterocycles. The first-order chi connectivity index (χ1) is 9.46. The number of carbonyl (C=O) groups excluding carboxylic acids is 1. The minimum atomic E-state index is -0.580. The van der Waals surface area contributed by atoms with Crippen molar-refractivity contribution in [2.24, 2.45) is 11.7 Å². The number of benzene rings is 1. The van der Waals surface area contributed by atoms with Crippen molar-refractivity contribution in [1.29, 1.82) is 0 Å². The third-order valence-corrected chi connectivity index (χ3v) is 4.82. The topological polar surface area (TPSA) is 55.1 Å². The molecule has 2 atom stereocenters. The van der Waals surface area contributed by atoms with Gasteiger partial charge in [0.1, 0.15) is 0 Å². The third kappa shape index (κ3) is 3.01. The molecule has 2 unspecified atom stereocenters. The standard InChI is InChI=1S/C16H22N2OS/c1-3-16(2,15(17)20)18-14(19)13-9-8-11-6-4-5-7-12(11)10-13/h4-7,13H,3,8-10H2,1-2H3,(H2,17,20)(H,18,19). The molecule has 3 nitrogen and oxygen atoms in total. The van der Waals surface area contributed by atoms with Crippen LogP contribution in [0.1, 0.15) is 37.8 Å². The first kappa shape index (κ1) is 15.0. The minimum absolute atomic E-state index is 0.0186. The maximum absolute atomic E-state index is 12.5. The fourth-order valence-electron chi connectivity index (χ4n) is 2.62. The van der Waals surface area contributed by atoms with Crippen molar-refractivity contribution in [3.8, 4) is 0 Å². The number of rotatable bonds is 4. The maximum atomic E-state index is 12.5. The second-order valence-corrected chi connectivity index (χ2v) is 6.19. The normalized spacial score (nSPS) is 20.6. The fourth-order valence-corrected chi connectivity index (χ4v) is 2.82. The Labute approximate surface area is 125 Å². The largest absolute Gasteiger partial charge is 0.391 e. The molecule has 1 aromatic rings. The quantitative estimate of drug-likeness (QED) is 0.837. The van der Waals surface area contributed by atoms with Gasteiger partial charge in [-0.05, 0) is 43.7 Å². The molecule has 0 fully saturated rings. The first-order valence-corrected chi connectivity index (χ1v) is 7.56. The number of fused-ring (bicyclic) bond motifs is 1. The highest BCUT2D eigenvalue weighted by Gasteiger charge is 2.32. The number of thiocarbonyl (C=S) groups is 1. The van der Waals surface area contributed by atoms with Crippen LogP contribution in [0.4, 0.5) is 0 Å². The average Bonchev–Trinajstić information content (AvgIpc) is 2.46. The summed E-state index contributed by atoms with van der Waals surface area (Å²) in [6.45, 7) is 3.87. The number of aryl methyl sites for hydroxylation is 1. The van der Waals surface area contributed by atoms with Crippen LogP contribution in [0.25, 0.3) is 0 Å². The van der Waals surface area contributed by atoms with Crippen LogP contribution in [0.3, 0.4) is 0 Å². The van der Waals surface area contributed by atoms with E-state index in [0.717, 1.165) is 19.3 Å². The van der Waals surface area contributed by atoms with E-state index in [1.54, 1.807) is 0 Å². The molecular weight excluding hydrogens is 268 g/mol. The molecular formula is C16H22N2OS. The van der Waals surface area contributed by atoms with Crippen LogP contribution >= 0.6 is 12.2 Å². The van der Waals surface area contributed by atoms with E-state index in [4.69, 9.17) is 18.0 Å². The molecule has 0 spiro atoms. The molecule has 2 rings (SSSR count). The SMILES string of the molecule is CCC(C)(NC(=O)C1CCc2ccccc2C1)C(N)=S. The van der Waals surface area contributed by atoms with Crippen molar-refractivity contribution in [2.75, 3.05) is 0 Å². The molecule has 1 aliphatic rings. The Kier molecular flexibility index (Phi) is 4.43. The molecule has 4 heteroatoms. The summed E-state index contributed by atoms with van der Waals surface area (Å²) in [6.07, 6.45) is 3.36. The summed E-state index contributed by atoms with van der Waals surface area (Å²) >= 11 is 5.08.